The predicted octanol–water partition coefficient (Wildman–Crippen LogP) is 10.4. The molecule has 0 aromatic heterocycles. The molecule has 0 unspecified atom stereocenters. The van der Waals surface area contributed by atoms with Crippen molar-refractivity contribution in [1.29, 1.82) is 0 Å². The van der Waals surface area contributed by atoms with Crippen LogP contribution in [-0.2, 0) is 19.5 Å². The molecular formula is C32H46BF4P2Rh-. The maximum absolute atomic E-state index is 9.75. The first-order valence-corrected chi connectivity index (χ1v) is 17.4. The van der Waals surface area contributed by atoms with Gasteiger partial charge in [-0.2, -0.15) is 0 Å². The van der Waals surface area contributed by atoms with Crippen LogP contribution in [0.3, 0.4) is 0 Å². The monoisotopic (exact) mass is 682 g/mol. The molecule has 2 heterocycles. The Balaban J connectivity index is 0.000000280. The summed E-state index contributed by atoms with van der Waals surface area (Å²) in [5.74, 6) is 0. The van der Waals surface area contributed by atoms with Gasteiger partial charge in [-0.3, -0.25) is 0 Å². The van der Waals surface area contributed by atoms with E-state index in [0.717, 1.165) is 22.6 Å². The fraction of sp³-hybridized carbons (Fsp3) is 0.500. The Kier molecular flexibility index (Phi) is 19.4. The van der Waals surface area contributed by atoms with Crippen LogP contribution >= 0.6 is 15.8 Å². The number of benzene rings is 2. The maximum atomic E-state index is 9.75. The average Bonchev–Trinajstić information content (AvgIpc) is 3.39. The van der Waals surface area contributed by atoms with Gasteiger partial charge in [-0.05, 0) is 110 Å². The van der Waals surface area contributed by atoms with Crippen LogP contribution in [0.2, 0.25) is 0 Å². The minimum Gasteiger partial charge on any atom is -0.418 e. The van der Waals surface area contributed by atoms with Crippen molar-refractivity contribution in [3.8, 4) is 0 Å². The van der Waals surface area contributed by atoms with E-state index < -0.39 is 7.25 Å². The van der Waals surface area contributed by atoms with Gasteiger partial charge >= 0.3 is 7.25 Å². The van der Waals surface area contributed by atoms with Gasteiger partial charge in [0, 0.05) is 19.5 Å². The van der Waals surface area contributed by atoms with E-state index in [1.165, 1.54) is 51.4 Å². The van der Waals surface area contributed by atoms with Crippen molar-refractivity contribution < 1.29 is 36.7 Å². The van der Waals surface area contributed by atoms with E-state index in [2.05, 4.69) is 114 Å². The molecule has 0 amide bonds. The maximum Gasteiger partial charge on any atom is 0.673 e. The van der Waals surface area contributed by atoms with Gasteiger partial charge in [0.15, 0.2) is 0 Å². The van der Waals surface area contributed by atoms with Gasteiger partial charge in [0.25, 0.3) is 0 Å². The van der Waals surface area contributed by atoms with Gasteiger partial charge in [0.2, 0.25) is 0 Å². The quantitative estimate of drug-likeness (QED) is 0.168. The standard InChI is InChI=1S/2C12H17P.C8H12.BF4.Rh/c2*1-10-8-9-11(2)13(10)12-6-4-3-5-7-12;1-2-4-6-8-7-5-3-1;2-1(3,4)5;/h2*3-7,10-11H,8-9H2,1-2H3;1-2,7-8H,3-6H2;;/q;;;-1;/t2*10-,11-;;;/m11.../s1. The summed E-state index contributed by atoms with van der Waals surface area (Å²) in [4.78, 5) is 0. The molecule has 2 aliphatic heterocycles. The number of hydrogen-bond acceptors (Lipinski definition) is 0. The second kappa shape index (κ2) is 20.6. The molecule has 0 N–H and O–H groups in total. The third kappa shape index (κ3) is 15.3. The van der Waals surface area contributed by atoms with Crippen molar-refractivity contribution in [1.82, 2.24) is 0 Å². The third-order valence-corrected chi connectivity index (χ3v) is 14.0. The third-order valence-electron chi connectivity index (χ3n) is 7.35. The Morgan fingerprint density at radius 2 is 0.725 bits per heavy atom. The zero-order chi connectivity index (χ0) is 28.7. The molecule has 5 rings (SSSR count). The smallest absolute Gasteiger partial charge is 0.418 e. The van der Waals surface area contributed by atoms with Gasteiger partial charge in [-0.25, -0.2) is 0 Å². The van der Waals surface area contributed by atoms with E-state index >= 15 is 0 Å². The van der Waals surface area contributed by atoms with Crippen LogP contribution < -0.4 is 10.6 Å². The van der Waals surface area contributed by atoms with Crippen molar-refractivity contribution in [3.05, 3.63) is 86.3 Å². The Bertz CT molecular complexity index is 778. The van der Waals surface area contributed by atoms with Crippen molar-refractivity contribution in [2.75, 3.05) is 0 Å². The summed E-state index contributed by atoms with van der Waals surface area (Å²) in [6.45, 7) is 9.68. The molecule has 0 bridgehead atoms. The summed E-state index contributed by atoms with van der Waals surface area (Å²) in [5, 5.41) is 3.21. The molecule has 3 fully saturated rings. The minimum absolute atomic E-state index is 0. The summed E-state index contributed by atoms with van der Waals surface area (Å²) in [6, 6.07) is 22.2. The molecule has 3 aliphatic rings. The second-order valence-corrected chi connectivity index (χ2v) is 16.8. The predicted molar refractivity (Wildman–Crippen MR) is 168 cm³/mol. The van der Waals surface area contributed by atoms with Crippen molar-refractivity contribution in [2.45, 2.75) is 102 Å². The number of rotatable bonds is 2. The van der Waals surface area contributed by atoms with E-state index in [-0.39, 0.29) is 35.3 Å². The van der Waals surface area contributed by atoms with Crippen LogP contribution in [0, 0.1) is 25.7 Å². The van der Waals surface area contributed by atoms with Crippen molar-refractivity contribution in [2.24, 2.45) is 0 Å². The van der Waals surface area contributed by atoms with Crippen molar-refractivity contribution >= 4 is 33.7 Å². The molecule has 0 spiro atoms. The first kappa shape index (κ1) is 37.7. The molecule has 4 atom stereocenters. The number of halogens is 4. The zero-order valence-electron chi connectivity index (χ0n) is 24.4. The van der Waals surface area contributed by atoms with E-state index in [4.69, 9.17) is 0 Å². The van der Waals surface area contributed by atoms with E-state index in [1.54, 1.807) is 10.6 Å². The molecule has 40 heavy (non-hydrogen) atoms. The Labute approximate surface area is 257 Å². The van der Waals surface area contributed by atoms with E-state index in [9.17, 15) is 17.3 Å². The SMILES string of the molecule is C[C@@H]1CC[C@@H](C)P1c1ccccc1.C[C@@H]1CC[C@@H](C)P1c1ccccc1.F[B-](F)(F)F.[CH]1[CH]CC[CH][CH]CC1.[Rh]. The molecule has 225 valence electrons. The Morgan fingerprint density at radius 3 is 0.950 bits per heavy atom. The topological polar surface area (TPSA) is 0 Å². The van der Waals surface area contributed by atoms with Gasteiger partial charge in [-0.15, -0.1) is 0 Å². The minimum atomic E-state index is -6.00. The zero-order valence-corrected chi connectivity index (χ0v) is 27.8. The van der Waals surface area contributed by atoms with E-state index in [0.29, 0.717) is 0 Å². The second-order valence-electron chi connectivity index (χ2n) is 10.6. The molecule has 1 saturated carbocycles. The molecule has 1 aliphatic carbocycles. The first-order valence-electron chi connectivity index (χ1n) is 14.4. The average molecular weight is 682 g/mol. The van der Waals surface area contributed by atoms with Crippen LogP contribution in [0.15, 0.2) is 60.7 Å². The van der Waals surface area contributed by atoms with E-state index in [1.807, 2.05) is 0 Å². The molecule has 5 radical (unpaired) electrons. The summed E-state index contributed by atoms with van der Waals surface area (Å²) in [6.07, 6.45) is 19.7. The summed E-state index contributed by atoms with van der Waals surface area (Å²) in [5.41, 5.74) is 3.75. The van der Waals surface area contributed by atoms with Crippen LogP contribution in [0.5, 0.6) is 0 Å². The molecule has 0 nitrogen and oxygen atoms in total. The van der Waals surface area contributed by atoms with Crippen LogP contribution in [0.1, 0.15) is 79.1 Å². The summed E-state index contributed by atoms with van der Waals surface area (Å²) >= 11 is 0. The van der Waals surface area contributed by atoms with Crippen LogP contribution in [-0.4, -0.2) is 29.9 Å². The largest absolute Gasteiger partial charge is 0.673 e. The van der Waals surface area contributed by atoms with Crippen LogP contribution in [0.4, 0.5) is 17.3 Å². The normalized spacial score (nSPS) is 25.4. The first-order chi connectivity index (χ1) is 18.6. The Hall–Kier alpha value is -0.292. The fourth-order valence-electron chi connectivity index (χ4n) is 5.46. The molecular weight excluding hydrogens is 636 g/mol. The molecule has 2 aromatic carbocycles. The number of hydrogen-bond donors (Lipinski definition) is 0. The molecule has 2 saturated heterocycles. The summed E-state index contributed by atoms with van der Waals surface area (Å²) in [7, 11) is -5.73. The Morgan fingerprint density at radius 1 is 0.500 bits per heavy atom. The molecule has 8 heteroatoms. The van der Waals surface area contributed by atoms with Gasteiger partial charge in [0.1, 0.15) is 0 Å². The van der Waals surface area contributed by atoms with Crippen molar-refractivity contribution in [3.63, 3.8) is 0 Å². The molecule has 2 aromatic rings. The van der Waals surface area contributed by atoms with Gasteiger partial charge < -0.3 is 17.3 Å². The summed E-state index contributed by atoms with van der Waals surface area (Å²) < 4.78 is 39.0. The van der Waals surface area contributed by atoms with Gasteiger partial charge in [0.05, 0.1) is 0 Å². The van der Waals surface area contributed by atoms with Gasteiger partial charge in [-0.1, -0.05) is 104 Å². The fourth-order valence-corrected chi connectivity index (χ4v) is 12.0. The van der Waals surface area contributed by atoms with Crippen LogP contribution in [0.25, 0.3) is 0 Å².